The lowest BCUT2D eigenvalue weighted by Crippen LogP contribution is -1.90. The quantitative estimate of drug-likeness (QED) is 0.542. The van der Waals surface area contributed by atoms with Crippen LogP contribution in [0.3, 0.4) is 0 Å². The third kappa shape index (κ3) is 3.88. The van der Waals surface area contributed by atoms with Crippen molar-refractivity contribution >= 4 is 27.4 Å². The molecule has 0 atom stereocenters. The molecule has 0 fully saturated rings. The van der Waals surface area contributed by atoms with Gasteiger partial charge in [0.2, 0.25) is 0 Å². The van der Waals surface area contributed by atoms with E-state index in [9.17, 15) is 4.79 Å². The molecule has 66 valence electrons. The highest BCUT2D eigenvalue weighted by Crippen LogP contribution is 2.25. The molecule has 2 nitrogen and oxygen atoms in total. The highest BCUT2D eigenvalue weighted by Gasteiger charge is 1.97. The smallest absolute Gasteiger partial charge is 0.140 e. The first kappa shape index (κ1) is 9.74. The molecular weight excluding hydrogens is 192 g/mol. The minimum atomic E-state index is 0.215. The summed E-state index contributed by atoms with van der Waals surface area (Å²) >= 11 is 0. The monoisotopic (exact) mass is 202 g/mol. The van der Waals surface area contributed by atoms with Crippen LogP contribution < -0.4 is 0 Å². The molecule has 0 spiro atoms. The maximum atomic E-state index is 10.5. The van der Waals surface area contributed by atoms with Crippen LogP contribution in [0.15, 0.2) is 22.8 Å². The molecule has 0 radical (unpaired) electrons. The predicted octanol–water partition coefficient (Wildman–Crippen LogP) is 2.75. The summed E-state index contributed by atoms with van der Waals surface area (Å²) in [5.41, 5.74) is 0. The molecule has 12 heavy (non-hydrogen) atoms. The van der Waals surface area contributed by atoms with Gasteiger partial charge < -0.3 is 4.42 Å². The molecule has 0 bridgehead atoms. The highest BCUT2D eigenvalue weighted by molar-refractivity contribution is 8.76. The van der Waals surface area contributed by atoms with Crippen molar-refractivity contribution in [1.82, 2.24) is 0 Å². The van der Waals surface area contributed by atoms with E-state index in [0.717, 1.165) is 11.5 Å². The molecule has 0 aliphatic rings. The highest BCUT2D eigenvalue weighted by atomic mass is 33.1. The third-order valence-corrected chi connectivity index (χ3v) is 3.43. The number of Topliss-reactive ketones (excluding diaryl/α,β-unsaturated/α-hetero) is 1. The molecule has 0 N–H and O–H groups in total. The van der Waals surface area contributed by atoms with Crippen LogP contribution in [0, 0.1) is 0 Å². The van der Waals surface area contributed by atoms with Crippen LogP contribution in [0.2, 0.25) is 0 Å². The molecule has 1 aromatic rings. The van der Waals surface area contributed by atoms with Crippen molar-refractivity contribution in [3.8, 4) is 0 Å². The molecule has 0 aliphatic heterocycles. The Balaban J connectivity index is 2.07. The Labute approximate surface area is 79.5 Å². The summed E-state index contributed by atoms with van der Waals surface area (Å²) in [5.74, 6) is 2.57. The van der Waals surface area contributed by atoms with E-state index in [2.05, 4.69) is 0 Å². The maximum absolute atomic E-state index is 10.5. The standard InChI is InChI=1S/C8H10O2S2/c1-7(9)5-11-12-6-8-3-2-4-10-8/h2-4H,5-6H2,1H3. The zero-order valence-electron chi connectivity index (χ0n) is 6.78. The Morgan fingerprint density at radius 3 is 3.00 bits per heavy atom. The van der Waals surface area contributed by atoms with Crippen molar-refractivity contribution in [3.05, 3.63) is 24.2 Å². The van der Waals surface area contributed by atoms with Crippen LogP contribution in [-0.4, -0.2) is 11.5 Å². The fraction of sp³-hybridized carbons (Fsp3) is 0.375. The van der Waals surface area contributed by atoms with Gasteiger partial charge in [-0.3, -0.25) is 4.79 Å². The first-order chi connectivity index (χ1) is 5.79. The number of hydrogen-bond donors (Lipinski definition) is 0. The van der Waals surface area contributed by atoms with Gasteiger partial charge in [-0.1, -0.05) is 21.6 Å². The van der Waals surface area contributed by atoms with Crippen LogP contribution in [0.1, 0.15) is 12.7 Å². The van der Waals surface area contributed by atoms with E-state index in [4.69, 9.17) is 4.42 Å². The molecule has 0 saturated carbocycles. The lowest BCUT2D eigenvalue weighted by molar-refractivity contribution is -0.114. The van der Waals surface area contributed by atoms with E-state index in [0.29, 0.717) is 5.75 Å². The first-order valence-electron chi connectivity index (χ1n) is 3.55. The van der Waals surface area contributed by atoms with Gasteiger partial charge in [-0.15, -0.1) is 0 Å². The summed E-state index contributed by atoms with van der Waals surface area (Å²) < 4.78 is 5.12. The van der Waals surface area contributed by atoms with E-state index in [1.807, 2.05) is 12.1 Å². The summed E-state index contributed by atoms with van der Waals surface area (Å²) in [6, 6.07) is 3.80. The van der Waals surface area contributed by atoms with Crippen LogP contribution in [0.25, 0.3) is 0 Å². The molecule has 1 heterocycles. The Bertz CT molecular complexity index is 231. The maximum Gasteiger partial charge on any atom is 0.140 e. The van der Waals surface area contributed by atoms with E-state index in [-0.39, 0.29) is 5.78 Å². The fourth-order valence-electron chi connectivity index (χ4n) is 0.619. The largest absolute Gasteiger partial charge is 0.468 e. The normalized spacial score (nSPS) is 10.1. The SMILES string of the molecule is CC(=O)CSSCc1ccco1. The molecular formula is C8H10O2S2. The molecule has 0 amide bonds. The molecule has 0 aliphatic carbocycles. The van der Waals surface area contributed by atoms with Gasteiger partial charge in [-0.05, 0) is 19.1 Å². The molecule has 1 rings (SSSR count). The van der Waals surface area contributed by atoms with Gasteiger partial charge >= 0.3 is 0 Å². The molecule has 0 aromatic carbocycles. The number of furan rings is 1. The Kier molecular flexibility index (Phi) is 4.32. The zero-order chi connectivity index (χ0) is 8.81. The second kappa shape index (κ2) is 5.32. The average molecular weight is 202 g/mol. The van der Waals surface area contributed by atoms with E-state index in [1.165, 1.54) is 0 Å². The third-order valence-electron chi connectivity index (χ3n) is 1.13. The minimum absolute atomic E-state index is 0.215. The van der Waals surface area contributed by atoms with Crippen molar-refractivity contribution in [2.45, 2.75) is 12.7 Å². The van der Waals surface area contributed by atoms with Crippen LogP contribution in [-0.2, 0) is 10.5 Å². The average Bonchev–Trinajstić information content (AvgIpc) is 2.49. The van der Waals surface area contributed by atoms with Crippen molar-refractivity contribution in [3.63, 3.8) is 0 Å². The number of ketones is 1. The minimum Gasteiger partial charge on any atom is -0.468 e. The molecule has 0 saturated heterocycles. The summed E-state index contributed by atoms with van der Waals surface area (Å²) in [5, 5.41) is 0. The second-order valence-corrected chi connectivity index (χ2v) is 4.77. The second-order valence-electron chi connectivity index (χ2n) is 2.31. The van der Waals surface area contributed by atoms with Crippen molar-refractivity contribution in [2.24, 2.45) is 0 Å². The van der Waals surface area contributed by atoms with Gasteiger partial charge in [-0.2, -0.15) is 0 Å². The summed E-state index contributed by atoms with van der Waals surface area (Å²) in [6.07, 6.45) is 1.66. The topological polar surface area (TPSA) is 30.2 Å². The number of rotatable bonds is 5. The number of hydrogen-bond acceptors (Lipinski definition) is 4. The molecule has 0 unspecified atom stereocenters. The predicted molar refractivity (Wildman–Crippen MR) is 53.1 cm³/mol. The lowest BCUT2D eigenvalue weighted by Gasteiger charge is -1.94. The Hall–Kier alpha value is -0.350. The first-order valence-corrected chi connectivity index (χ1v) is 6.04. The van der Waals surface area contributed by atoms with E-state index in [1.54, 1.807) is 34.8 Å². The molecule has 4 heteroatoms. The van der Waals surface area contributed by atoms with Gasteiger partial charge in [0.15, 0.2) is 0 Å². The number of carbonyl (C=O) groups is 1. The van der Waals surface area contributed by atoms with Crippen molar-refractivity contribution < 1.29 is 9.21 Å². The molecule has 1 aromatic heterocycles. The summed E-state index contributed by atoms with van der Waals surface area (Å²) in [7, 11) is 3.21. The van der Waals surface area contributed by atoms with E-state index < -0.39 is 0 Å². The van der Waals surface area contributed by atoms with Gasteiger partial charge in [0, 0.05) is 0 Å². The summed E-state index contributed by atoms with van der Waals surface area (Å²) in [4.78, 5) is 10.5. The van der Waals surface area contributed by atoms with E-state index >= 15 is 0 Å². The van der Waals surface area contributed by atoms with Gasteiger partial charge in [0.05, 0.1) is 17.8 Å². The zero-order valence-corrected chi connectivity index (χ0v) is 8.41. The fourth-order valence-corrected chi connectivity index (χ4v) is 2.58. The van der Waals surface area contributed by atoms with Crippen molar-refractivity contribution in [2.75, 3.05) is 5.75 Å². The van der Waals surface area contributed by atoms with Gasteiger partial charge in [-0.25, -0.2) is 0 Å². The van der Waals surface area contributed by atoms with Crippen LogP contribution in [0.4, 0.5) is 0 Å². The van der Waals surface area contributed by atoms with Crippen LogP contribution >= 0.6 is 21.6 Å². The Morgan fingerprint density at radius 1 is 1.58 bits per heavy atom. The lowest BCUT2D eigenvalue weighted by atomic mass is 10.5. The Morgan fingerprint density at radius 2 is 2.42 bits per heavy atom. The van der Waals surface area contributed by atoms with Gasteiger partial charge in [0.1, 0.15) is 11.5 Å². The van der Waals surface area contributed by atoms with Crippen molar-refractivity contribution in [1.29, 1.82) is 0 Å². The summed E-state index contributed by atoms with van der Waals surface area (Å²) in [6.45, 7) is 1.60. The number of carbonyl (C=O) groups excluding carboxylic acids is 1. The van der Waals surface area contributed by atoms with Gasteiger partial charge in [0.25, 0.3) is 0 Å². The van der Waals surface area contributed by atoms with Crippen LogP contribution in [0.5, 0.6) is 0 Å².